The van der Waals surface area contributed by atoms with Crippen LogP contribution in [0.2, 0.25) is 0 Å². The smallest absolute Gasteiger partial charge is 0.251 e. The van der Waals surface area contributed by atoms with Crippen LogP contribution in [-0.2, 0) is 10.8 Å². The van der Waals surface area contributed by atoms with Crippen molar-refractivity contribution in [2.45, 2.75) is 79.6 Å². The Balaban J connectivity index is 1.45. The van der Waals surface area contributed by atoms with Crippen LogP contribution in [-0.4, -0.2) is 6.71 Å². The quantitative estimate of drug-likeness (QED) is 0.177. The van der Waals surface area contributed by atoms with E-state index >= 15 is 0 Å². The highest BCUT2D eigenvalue weighted by Gasteiger charge is 2.46. The maximum atomic E-state index is 2.61. The number of fused-ring (bicyclic) bond motifs is 5. The van der Waals surface area contributed by atoms with Gasteiger partial charge in [0.15, 0.2) is 0 Å². The predicted molar refractivity (Wildman–Crippen MR) is 213 cm³/mol. The van der Waals surface area contributed by atoms with Gasteiger partial charge in [-0.2, -0.15) is 0 Å². The summed E-state index contributed by atoms with van der Waals surface area (Å²) in [6.07, 6.45) is 6.25. The Morgan fingerprint density at radius 1 is 0.592 bits per heavy atom. The van der Waals surface area contributed by atoms with Crippen molar-refractivity contribution in [3.05, 3.63) is 138 Å². The van der Waals surface area contributed by atoms with E-state index in [9.17, 15) is 0 Å². The van der Waals surface area contributed by atoms with Crippen LogP contribution < -0.4 is 20.7 Å². The minimum Gasteiger partial charge on any atom is -0.311 e. The van der Waals surface area contributed by atoms with Crippen LogP contribution >= 0.6 is 0 Å². The molecule has 5 aromatic rings. The first-order valence-corrected chi connectivity index (χ1v) is 18.1. The van der Waals surface area contributed by atoms with Crippen LogP contribution in [0.25, 0.3) is 10.8 Å². The number of hydrogen-bond acceptors (Lipinski definition) is 2. The maximum absolute atomic E-state index is 2.61. The lowest BCUT2D eigenvalue weighted by Crippen LogP contribution is -2.57. The topological polar surface area (TPSA) is 6.48 Å². The van der Waals surface area contributed by atoms with E-state index in [1.165, 1.54) is 72.4 Å². The molecule has 0 bridgehead atoms. The number of rotatable bonds is 2. The van der Waals surface area contributed by atoms with Crippen molar-refractivity contribution in [3.63, 3.8) is 0 Å². The summed E-state index contributed by atoms with van der Waals surface area (Å²) < 4.78 is 0. The van der Waals surface area contributed by atoms with Gasteiger partial charge in [0.25, 0.3) is 6.71 Å². The van der Waals surface area contributed by atoms with Crippen molar-refractivity contribution in [3.8, 4) is 0 Å². The Labute approximate surface area is 294 Å². The molecule has 0 aromatic heterocycles. The van der Waals surface area contributed by atoms with E-state index in [4.69, 9.17) is 0 Å². The lowest BCUT2D eigenvalue weighted by atomic mass is 9.31. The number of hydrogen-bond donors (Lipinski definition) is 0. The number of anilines is 5. The third-order valence-electron chi connectivity index (χ3n) is 11.2. The SMILES string of the molecule is CC(C)(C)c1ccc(N2c3ccc(C(C)(C)C)cc3B3C4=CCC(C(C)(C)C)C=C4N(c4cccc5ccccc45)c4cccc2c43)cc1. The number of allylic oxidation sites excluding steroid dienone is 3. The Kier molecular flexibility index (Phi) is 7.13. The molecule has 1 unspecified atom stereocenters. The lowest BCUT2D eigenvalue weighted by molar-refractivity contribution is 0.292. The third kappa shape index (κ3) is 5.16. The highest BCUT2D eigenvalue weighted by molar-refractivity contribution is 6.96. The Bertz CT molecular complexity index is 2160. The van der Waals surface area contributed by atoms with Crippen molar-refractivity contribution in [1.82, 2.24) is 0 Å². The van der Waals surface area contributed by atoms with Crippen molar-refractivity contribution < 1.29 is 0 Å². The zero-order chi connectivity index (χ0) is 34.5. The second-order valence-electron chi connectivity index (χ2n) is 17.6. The molecule has 5 aromatic carbocycles. The van der Waals surface area contributed by atoms with Gasteiger partial charge in [-0.3, -0.25) is 0 Å². The van der Waals surface area contributed by atoms with Gasteiger partial charge in [0, 0.05) is 33.8 Å². The second kappa shape index (κ2) is 11.0. The monoisotopic (exact) mass is 640 g/mol. The van der Waals surface area contributed by atoms with E-state index in [-0.39, 0.29) is 23.0 Å². The fourth-order valence-electron chi connectivity index (χ4n) is 8.26. The first-order chi connectivity index (χ1) is 23.2. The molecule has 0 amide bonds. The predicted octanol–water partition coefficient (Wildman–Crippen LogP) is 11.4. The van der Waals surface area contributed by atoms with E-state index in [0.717, 1.165) is 6.42 Å². The summed E-state index contributed by atoms with van der Waals surface area (Å²) in [5.74, 6) is 0.440. The van der Waals surface area contributed by atoms with E-state index in [1.807, 2.05) is 0 Å². The Morgan fingerprint density at radius 2 is 1.20 bits per heavy atom. The van der Waals surface area contributed by atoms with Crippen LogP contribution in [0.5, 0.6) is 0 Å². The van der Waals surface area contributed by atoms with Crippen molar-refractivity contribution in [1.29, 1.82) is 0 Å². The molecule has 3 heteroatoms. The molecule has 8 rings (SSSR count). The van der Waals surface area contributed by atoms with Crippen LogP contribution in [0.4, 0.5) is 28.4 Å². The van der Waals surface area contributed by atoms with Gasteiger partial charge in [0.05, 0.1) is 5.69 Å². The fourth-order valence-corrected chi connectivity index (χ4v) is 8.26. The fraction of sp³-hybridized carbons (Fsp3) is 0.304. The summed E-state index contributed by atoms with van der Waals surface area (Å²) in [6.45, 7) is 21.2. The number of nitrogens with zero attached hydrogens (tertiary/aromatic N) is 2. The molecule has 0 saturated heterocycles. The highest BCUT2D eigenvalue weighted by atomic mass is 15.2. The van der Waals surface area contributed by atoms with Gasteiger partial charge in [-0.25, -0.2) is 0 Å². The minimum absolute atomic E-state index is 0.0363. The van der Waals surface area contributed by atoms with Gasteiger partial charge in [0.1, 0.15) is 0 Å². The molecule has 2 heterocycles. The van der Waals surface area contributed by atoms with Gasteiger partial charge in [0.2, 0.25) is 0 Å². The van der Waals surface area contributed by atoms with E-state index in [1.54, 1.807) is 0 Å². The summed E-state index contributed by atoms with van der Waals surface area (Å²) in [4.78, 5) is 5.13. The summed E-state index contributed by atoms with van der Waals surface area (Å²) in [5.41, 5.74) is 14.8. The largest absolute Gasteiger partial charge is 0.311 e. The van der Waals surface area contributed by atoms with Gasteiger partial charge >= 0.3 is 0 Å². The summed E-state index contributed by atoms with van der Waals surface area (Å²) in [7, 11) is 0. The third-order valence-corrected chi connectivity index (χ3v) is 11.2. The Hall–Kier alpha value is -4.50. The van der Waals surface area contributed by atoms with Crippen LogP contribution in [0.15, 0.2) is 126 Å². The van der Waals surface area contributed by atoms with E-state index in [2.05, 4.69) is 187 Å². The molecular weight excluding hydrogens is 591 g/mol. The molecule has 246 valence electrons. The van der Waals surface area contributed by atoms with Gasteiger partial charge in [-0.15, -0.1) is 0 Å². The lowest BCUT2D eigenvalue weighted by Gasteiger charge is -2.47. The molecule has 0 radical (unpaired) electrons. The molecule has 0 spiro atoms. The average Bonchev–Trinajstić information content (AvgIpc) is 3.06. The molecule has 3 aliphatic rings. The van der Waals surface area contributed by atoms with Crippen molar-refractivity contribution in [2.24, 2.45) is 11.3 Å². The first-order valence-electron chi connectivity index (χ1n) is 18.1. The standard InChI is InChI=1S/C46H49BN2/c1-44(2,3)31-20-24-34(25-21-31)48-39-27-23-32(45(4,5)6)28-37(39)47-36-26-22-33(46(7,8)9)29-42(36)49(41-19-13-18-40(48)43(41)47)38-17-12-15-30-14-10-11-16-35(30)38/h10-21,23-29,33H,22H2,1-9H3. The Morgan fingerprint density at radius 3 is 1.90 bits per heavy atom. The summed E-state index contributed by atoms with van der Waals surface area (Å²) in [5, 5.41) is 2.54. The average molecular weight is 641 g/mol. The zero-order valence-electron chi connectivity index (χ0n) is 30.7. The van der Waals surface area contributed by atoms with Crippen LogP contribution in [0.1, 0.15) is 79.9 Å². The van der Waals surface area contributed by atoms with Crippen molar-refractivity contribution >= 4 is 56.8 Å². The maximum Gasteiger partial charge on any atom is 0.251 e. The molecule has 0 fully saturated rings. The van der Waals surface area contributed by atoms with Crippen LogP contribution in [0, 0.1) is 11.3 Å². The molecule has 0 N–H and O–H groups in total. The zero-order valence-corrected chi connectivity index (χ0v) is 30.7. The van der Waals surface area contributed by atoms with Gasteiger partial charge < -0.3 is 9.80 Å². The normalized spacial score (nSPS) is 17.3. The molecule has 0 saturated carbocycles. The van der Waals surface area contributed by atoms with Gasteiger partial charge in [-0.05, 0) is 97.9 Å². The number of benzene rings is 5. The van der Waals surface area contributed by atoms with E-state index < -0.39 is 0 Å². The second-order valence-corrected chi connectivity index (χ2v) is 17.6. The van der Waals surface area contributed by atoms with E-state index in [0.29, 0.717) is 5.92 Å². The molecule has 2 nitrogen and oxygen atoms in total. The molecule has 1 atom stereocenters. The summed E-state index contributed by atoms with van der Waals surface area (Å²) >= 11 is 0. The minimum atomic E-state index is 0.0363. The van der Waals surface area contributed by atoms with Crippen molar-refractivity contribution in [2.75, 3.05) is 9.80 Å². The molecule has 2 aliphatic heterocycles. The first kappa shape index (κ1) is 31.8. The molecule has 49 heavy (non-hydrogen) atoms. The van der Waals surface area contributed by atoms with Gasteiger partial charge in [-0.1, -0.05) is 141 Å². The highest BCUT2D eigenvalue weighted by Crippen LogP contribution is 2.49. The molecular formula is C46H49BN2. The summed E-state index contributed by atoms with van der Waals surface area (Å²) in [6, 6.07) is 39.2. The molecule has 1 aliphatic carbocycles. The van der Waals surface area contributed by atoms with Crippen LogP contribution in [0.3, 0.4) is 0 Å².